The van der Waals surface area contributed by atoms with Gasteiger partial charge in [0.05, 0.1) is 20.9 Å². The number of halogens is 3. The highest BCUT2D eigenvalue weighted by Gasteiger charge is 2.12. The molecule has 0 fully saturated rings. The first kappa shape index (κ1) is 27.6. The van der Waals surface area contributed by atoms with Gasteiger partial charge in [0.2, 0.25) is 0 Å². The van der Waals surface area contributed by atoms with Crippen molar-refractivity contribution in [1.82, 2.24) is 9.99 Å². The van der Waals surface area contributed by atoms with Crippen molar-refractivity contribution < 1.29 is 13.9 Å². The maximum Gasteiger partial charge on any atom is 0.271 e. The highest BCUT2D eigenvalue weighted by molar-refractivity contribution is 9.11. The van der Waals surface area contributed by atoms with Crippen LogP contribution in [0, 0.1) is 12.7 Å². The first-order chi connectivity index (χ1) is 19.4. The Hall–Kier alpha value is -4.01. The largest absolute Gasteiger partial charge is 0.487 e. The number of aromatic nitrogens is 1. The van der Waals surface area contributed by atoms with Crippen molar-refractivity contribution in [2.45, 2.75) is 13.5 Å². The third kappa shape index (κ3) is 6.41. The Bertz CT molecular complexity index is 1660. The molecule has 4 aromatic carbocycles. The zero-order valence-corrected chi connectivity index (χ0v) is 24.6. The van der Waals surface area contributed by atoms with E-state index in [9.17, 15) is 9.18 Å². The molecule has 0 aliphatic carbocycles. The van der Waals surface area contributed by atoms with Crippen molar-refractivity contribution in [2.75, 3.05) is 0 Å². The van der Waals surface area contributed by atoms with E-state index in [-0.39, 0.29) is 18.3 Å². The number of aryl methyl sites for hydroxylation is 1. The topological polar surface area (TPSA) is 55.6 Å². The zero-order chi connectivity index (χ0) is 28.1. The number of ether oxygens (including phenoxy) is 1. The predicted molar refractivity (Wildman–Crippen MR) is 164 cm³/mol. The van der Waals surface area contributed by atoms with E-state index in [1.807, 2.05) is 42.5 Å². The smallest absolute Gasteiger partial charge is 0.271 e. The van der Waals surface area contributed by atoms with E-state index in [4.69, 9.17) is 4.74 Å². The fourth-order valence-corrected chi connectivity index (χ4v) is 5.73. The Labute approximate surface area is 248 Å². The van der Waals surface area contributed by atoms with E-state index in [1.54, 1.807) is 30.5 Å². The number of carbonyl (C=O) groups excluding carboxylic acids is 1. The minimum atomic E-state index is -0.316. The summed E-state index contributed by atoms with van der Waals surface area (Å²) in [6.45, 7) is 2.27. The molecular weight excluding hydrogens is 637 g/mol. The second-order valence-corrected chi connectivity index (χ2v) is 10.7. The van der Waals surface area contributed by atoms with Gasteiger partial charge in [-0.2, -0.15) is 5.10 Å². The molecule has 200 valence electrons. The van der Waals surface area contributed by atoms with E-state index in [0.717, 1.165) is 33.8 Å². The predicted octanol–water partition coefficient (Wildman–Crippen LogP) is 8.46. The van der Waals surface area contributed by atoms with Gasteiger partial charge in [-0.15, -0.1) is 0 Å². The highest BCUT2D eigenvalue weighted by atomic mass is 79.9. The summed E-state index contributed by atoms with van der Waals surface area (Å²) < 4.78 is 22.8. The lowest BCUT2D eigenvalue weighted by Gasteiger charge is -2.13. The van der Waals surface area contributed by atoms with Gasteiger partial charge in [0.25, 0.3) is 5.91 Å². The molecule has 5 nitrogen and oxygen atoms in total. The van der Waals surface area contributed by atoms with Gasteiger partial charge >= 0.3 is 0 Å². The summed E-state index contributed by atoms with van der Waals surface area (Å²) in [4.78, 5) is 12.7. The van der Waals surface area contributed by atoms with Crippen molar-refractivity contribution >= 4 is 44.0 Å². The number of rotatable bonds is 8. The molecule has 5 rings (SSSR count). The van der Waals surface area contributed by atoms with Crippen LogP contribution in [-0.2, 0) is 6.61 Å². The Morgan fingerprint density at radius 2 is 1.65 bits per heavy atom. The van der Waals surface area contributed by atoms with Crippen LogP contribution >= 0.6 is 31.9 Å². The van der Waals surface area contributed by atoms with Gasteiger partial charge in [-0.1, -0.05) is 42.5 Å². The van der Waals surface area contributed by atoms with Crippen LogP contribution in [0.15, 0.2) is 117 Å². The van der Waals surface area contributed by atoms with Crippen LogP contribution in [0.3, 0.4) is 0 Å². The maximum atomic E-state index is 13.4. The molecule has 8 heteroatoms. The monoisotopic (exact) mass is 659 g/mol. The van der Waals surface area contributed by atoms with Crippen LogP contribution in [0.25, 0.3) is 16.9 Å². The summed E-state index contributed by atoms with van der Waals surface area (Å²) in [6.07, 6.45) is 1.55. The van der Waals surface area contributed by atoms with E-state index in [1.165, 1.54) is 12.1 Å². The number of nitrogens with zero attached hydrogens (tertiary/aromatic N) is 2. The summed E-state index contributed by atoms with van der Waals surface area (Å²) in [5.41, 5.74) is 8.82. The molecule has 0 saturated carbocycles. The van der Waals surface area contributed by atoms with Crippen LogP contribution in [0.2, 0.25) is 0 Å². The molecule has 40 heavy (non-hydrogen) atoms. The summed E-state index contributed by atoms with van der Waals surface area (Å²) >= 11 is 7.02. The molecule has 1 aromatic heterocycles. The van der Waals surface area contributed by atoms with Gasteiger partial charge in [0.15, 0.2) is 0 Å². The molecule has 0 saturated heterocycles. The second kappa shape index (κ2) is 12.4. The normalized spacial score (nSPS) is 11.1. The molecule has 0 aliphatic rings. The Balaban J connectivity index is 1.23. The Kier molecular flexibility index (Phi) is 8.57. The molecule has 0 bridgehead atoms. The number of nitrogens with one attached hydrogen (secondary N) is 1. The molecule has 5 aromatic rings. The van der Waals surface area contributed by atoms with Crippen molar-refractivity contribution in [3.63, 3.8) is 0 Å². The molecule has 0 unspecified atom stereocenters. The number of carbonyl (C=O) groups is 1. The molecule has 0 spiro atoms. The Morgan fingerprint density at radius 1 is 0.925 bits per heavy atom. The van der Waals surface area contributed by atoms with Crippen molar-refractivity contribution in [3.8, 4) is 22.7 Å². The van der Waals surface area contributed by atoms with E-state index >= 15 is 0 Å². The maximum absolute atomic E-state index is 13.4. The second-order valence-electron chi connectivity index (χ2n) is 9.04. The summed E-state index contributed by atoms with van der Waals surface area (Å²) in [5.74, 6) is -0.0423. The lowest BCUT2D eigenvalue weighted by Crippen LogP contribution is -2.17. The quantitative estimate of drug-likeness (QED) is 0.134. The minimum Gasteiger partial charge on any atom is -0.487 e. The highest BCUT2D eigenvalue weighted by Crippen LogP contribution is 2.35. The van der Waals surface area contributed by atoms with E-state index in [0.29, 0.717) is 20.3 Å². The number of amides is 1. The molecule has 1 N–H and O–H groups in total. The first-order valence-corrected chi connectivity index (χ1v) is 14.0. The van der Waals surface area contributed by atoms with Crippen molar-refractivity contribution in [3.05, 3.63) is 140 Å². The third-order valence-electron chi connectivity index (χ3n) is 6.21. The van der Waals surface area contributed by atoms with Gasteiger partial charge in [-0.25, -0.2) is 9.82 Å². The molecular formula is C32H24Br2FN3O2. The van der Waals surface area contributed by atoms with Crippen LogP contribution in [0.5, 0.6) is 5.75 Å². The average Bonchev–Trinajstić information content (AvgIpc) is 3.34. The summed E-state index contributed by atoms with van der Waals surface area (Å²) in [5, 5.41) is 4.12. The van der Waals surface area contributed by atoms with E-state index in [2.05, 4.69) is 78.1 Å². The number of hydrazone groups is 1. The van der Waals surface area contributed by atoms with Gasteiger partial charge < -0.3 is 9.30 Å². The first-order valence-electron chi connectivity index (χ1n) is 12.4. The van der Waals surface area contributed by atoms with Gasteiger partial charge in [0, 0.05) is 16.9 Å². The fraction of sp³-hybridized carbons (Fsp3) is 0.0625. The van der Waals surface area contributed by atoms with Crippen molar-refractivity contribution in [2.24, 2.45) is 5.10 Å². The summed E-state index contributed by atoms with van der Waals surface area (Å²) in [7, 11) is 0. The van der Waals surface area contributed by atoms with Crippen molar-refractivity contribution in [1.29, 1.82) is 0 Å². The zero-order valence-electron chi connectivity index (χ0n) is 21.4. The van der Waals surface area contributed by atoms with Gasteiger partial charge in [0.1, 0.15) is 18.2 Å². The lowest BCUT2D eigenvalue weighted by molar-refractivity contribution is 0.0955. The van der Waals surface area contributed by atoms with Crippen LogP contribution < -0.4 is 10.2 Å². The molecule has 1 heterocycles. The van der Waals surface area contributed by atoms with E-state index < -0.39 is 0 Å². The third-order valence-corrected chi connectivity index (χ3v) is 7.38. The molecule has 0 atom stereocenters. The Morgan fingerprint density at radius 3 is 2.35 bits per heavy atom. The van der Waals surface area contributed by atoms with Gasteiger partial charge in [-0.3, -0.25) is 4.79 Å². The average molecular weight is 661 g/mol. The molecule has 0 radical (unpaired) electrons. The van der Waals surface area contributed by atoms with Crippen LogP contribution in [-0.4, -0.2) is 16.7 Å². The number of hydrogen-bond donors (Lipinski definition) is 1. The molecule has 1 amide bonds. The molecule has 0 aliphatic heterocycles. The SMILES string of the molecule is Cc1ccc(-c2ccccc2)n1-c1ccc(C(=O)N/N=C/c2cc(Br)c(OCc3cccc(F)c3)c(Br)c2)cc1. The lowest BCUT2D eigenvalue weighted by atomic mass is 10.1. The van der Waals surface area contributed by atoms with Crippen LogP contribution in [0.4, 0.5) is 4.39 Å². The number of benzene rings is 4. The summed E-state index contributed by atoms with van der Waals surface area (Å²) in [6, 6.07) is 31.7. The number of hydrogen-bond acceptors (Lipinski definition) is 3. The fourth-order valence-electron chi connectivity index (χ4n) is 4.28. The van der Waals surface area contributed by atoms with Crippen LogP contribution in [0.1, 0.15) is 27.2 Å². The van der Waals surface area contributed by atoms with Gasteiger partial charge in [-0.05, 0) is 116 Å². The minimum absolute atomic E-state index is 0.217. The standard InChI is InChI=1S/C32H24Br2FN3O2/c1-21-10-15-30(24-7-3-2-4-8-24)38(21)27-13-11-25(12-14-27)32(39)37-36-19-23-17-28(33)31(29(34)18-23)40-20-22-6-5-9-26(35)16-22/h2-19H,20H2,1H3,(H,37,39)/b36-19+.